The molecule has 2 aromatic carbocycles. The Labute approximate surface area is 115 Å². The van der Waals surface area contributed by atoms with Gasteiger partial charge in [-0.05, 0) is 24.6 Å². The van der Waals surface area contributed by atoms with Crippen molar-refractivity contribution in [1.29, 1.82) is 5.26 Å². The minimum atomic E-state index is -1.39. The summed E-state index contributed by atoms with van der Waals surface area (Å²) >= 11 is 0. The lowest BCUT2D eigenvalue weighted by molar-refractivity contribution is 0.665. The Kier molecular flexibility index (Phi) is 4.45. The van der Waals surface area contributed by atoms with Crippen molar-refractivity contribution in [2.75, 3.05) is 0 Å². The second kappa shape index (κ2) is 6.28. The fourth-order valence-corrected chi connectivity index (χ4v) is 2.57. The van der Waals surface area contributed by atoms with Crippen LogP contribution in [0.3, 0.4) is 0 Å². The molecule has 4 heteroatoms. The molecule has 0 aliphatic carbocycles. The third kappa shape index (κ3) is 3.50. The fraction of sp³-hybridized carbons (Fsp3) is 0.133. The van der Waals surface area contributed by atoms with E-state index in [1.165, 1.54) is 0 Å². The molecule has 0 amide bonds. The lowest BCUT2D eigenvalue weighted by Crippen LogP contribution is -2.22. The number of aryl methyl sites for hydroxylation is 1. The molecule has 3 nitrogen and oxygen atoms in total. The lowest BCUT2D eigenvalue weighted by Gasteiger charge is -2.11. The van der Waals surface area contributed by atoms with Crippen LogP contribution in [0.15, 0.2) is 59.5 Å². The van der Waals surface area contributed by atoms with Gasteiger partial charge in [-0.1, -0.05) is 48.0 Å². The van der Waals surface area contributed by atoms with Crippen molar-refractivity contribution in [3.8, 4) is 6.07 Å². The van der Waals surface area contributed by atoms with E-state index in [4.69, 9.17) is 0 Å². The molecule has 0 spiro atoms. The number of nitrogens with zero attached hydrogens (tertiary/aromatic N) is 1. The van der Waals surface area contributed by atoms with Crippen molar-refractivity contribution in [1.82, 2.24) is 4.72 Å². The summed E-state index contributed by atoms with van der Waals surface area (Å²) in [4.78, 5) is 0.668. The second-order valence-corrected chi connectivity index (χ2v) is 5.42. The van der Waals surface area contributed by atoms with Crippen LogP contribution in [-0.2, 0) is 11.0 Å². The van der Waals surface area contributed by atoms with Gasteiger partial charge in [0.2, 0.25) is 0 Å². The van der Waals surface area contributed by atoms with Crippen LogP contribution in [0.1, 0.15) is 17.2 Å². The quantitative estimate of drug-likeness (QED) is 0.928. The van der Waals surface area contributed by atoms with Gasteiger partial charge >= 0.3 is 0 Å². The predicted molar refractivity (Wildman–Crippen MR) is 75.5 cm³/mol. The first-order chi connectivity index (χ1) is 9.20. The zero-order valence-electron chi connectivity index (χ0n) is 10.5. The molecular formula is C15H14N2OS. The summed E-state index contributed by atoms with van der Waals surface area (Å²) in [5, 5.41) is 9.17. The Hall–Kier alpha value is -1.96. The maximum atomic E-state index is 12.1. The molecule has 2 atom stereocenters. The van der Waals surface area contributed by atoms with Gasteiger partial charge in [-0.15, -0.1) is 0 Å². The number of rotatable bonds is 4. The van der Waals surface area contributed by atoms with Gasteiger partial charge in [0.05, 0.1) is 11.0 Å². The summed E-state index contributed by atoms with van der Waals surface area (Å²) in [6.45, 7) is 1.97. The number of nitrogens with one attached hydrogen (secondary N) is 1. The molecule has 0 saturated heterocycles. The third-order valence-electron chi connectivity index (χ3n) is 2.72. The van der Waals surface area contributed by atoms with E-state index in [-0.39, 0.29) is 0 Å². The molecule has 0 radical (unpaired) electrons. The van der Waals surface area contributed by atoms with E-state index < -0.39 is 17.0 Å². The molecule has 0 aliphatic rings. The Morgan fingerprint density at radius 1 is 1.11 bits per heavy atom. The summed E-state index contributed by atoms with van der Waals surface area (Å²) in [6.07, 6.45) is 0. The first-order valence-corrected chi connectivity index (χ1v) is 7.05. The number of nitriles is 1. The summed E-state index contributed by atoms with van der Waals surface area (Å²) in [6, 6.07) is 18.2. The largest absolute Gasteiger partial charge is 0.237 e. The van der Waals surface area contributed by atoms with Crippen molar-refractivity contribution >= 4 is 11.0 Å². The molecule has 0 aromatic heterocycles. The highest BCUT2D eigenvalue weighted by Crippen LogP contribution is 2.14. The zero-order valence-corrected chi connectivity index (χ0v) is 11.4. The molecule has 19 heavy (non-hydrogen) atoms. The van der Waals surface area contributed by atoms with Gasteiger partial charge in [0.1, 0.15) is 17.0 Å². The van der Waals surface area contributed by atoms with E-state index >= 15 is 0 Å². The topological polar surface area (TPSA) is 52.9 Å². The molecule has 0 saturated carbocycles. The van der Waals surface area contributed by atoms with Crippen LogP contribution in [0.5, 0.6) is 0 Å². The minimum Gasteiger partial charge on any atom is -0.237 e. The van der Waals surface area contributed by atoms with Crippen LogP contribution in [0.25, 0.3) is 0 Å². The average molecular weight is 270 g/mol. The maximum absolute atomic E-state index is 12.1. The average Bonchev–Trinajstić information content (AvgIpc) is 2.46. The molecular weight excluding hydrogens is 256 g/mol. The fourth-order valence-electron chi connectivity index (χ4n) is 1.65. The summed E-state index contributed by atoms with van der Waals surface area (Å²) in [5.74, 6) is 0. The smallest absolute Gasteiger partial charge is 0.132 e. The molecule has 2 aromatic rings. The maximum Gasteiger partial charge on any atom is 0.132 e. The van der Waals surface area contributed by atoms with E-state index in [2.05, 4.69) is 10.8 Å². The minimum absolute atomic E-state index is 0.580. The normalized spacial score (nSPS) is 13.5. The van der Waals surface area contributed by atoms with Crippen molar-refractivity contribution in [2.24, 2.45) is 0 Å². The van der Waals surface area contributed by atoms with Crippen LogP contribution in [-0.4, -0.2) is 4.21 Å². The first kappa shape index (κ1) is 13.5. The van der Waals surface area contributed by atoms with Crippen molar-refractivity contribution in [2.45, 2.75) is 17.9 Å². The van der Waals surface area contributed by atoms with Gasteiger partial charge in [-0.2, -0.15) is 5.26 Å². The van der Waals surface area contributed by atoms with Gasteiger partial charge in [0.25, 0.3) is 0 Å². The van der Waals surface area contributed by atoms with Crippen molar-refractivity contribution in [3.63, 3.8) is 0 Å². The van der Waals surface area contributed by atoms with Gasteiger partial charge < -0.3 is 0 Å². The van der Waals surface area contributed by atoms with E-state index in [0.29, 0.717) is 4.90 Å². The van der Waals surface area contributed by atoms with E-state index in [9.17, 15) is 9.47 Å². The first-order valence-electron chi connectivity index (χ1n) is 5.90. The van der Waals surface area contributed by atoms with Gasteiger partial charge in [0, 0.05) is 0 Å². The van der Waals surface area contributed by atoms with Crippen molar-refractivity contribution < 1.29 is 4.21 Å². The Balaban J connectivity index is 2.13. The SMILES string of the molecule is Cc1ccc(S(=O)N[C@@H](C#N)c2ccccc2)cc1. The third-order valence-corrected chi connectivity index (χ3v) is 3.87. The van der Waals surface area contributed by atoms with Crippen LogP contribution in [0, 0.1) is 18.3 Å². The standard InChI is InChI=1S/C15H14N2OS/c1-12-7-9-14(10-8-12)19(18)17-15(11-16)13-5-3-2-4-6-13/h2-10,15,17H,1H3/t15-,19?/m0/s1. The van der Waals surface area contributed by atoms with Crippen LogP contribution >= 0.6 is 0 Å². The Bertz CT molecular complexity index is 602. The van der Waals surface area contributed by atoms with Gasteiger partial charge in [0.15, 0.2) is 0 Å². The molecule has 1 N–H and O–H groups in total. The molecule has 2 rings (SSSR count). The second-order valence-electron chi connectivity index (χ2n) is 4.17. The molecule has 0 aliphatic heterocycles. The highest BCUT2D eigenvalue weighted by atomic mass is 32.2. The highest BCUT2D eigenvalue weighted by molar-refractivity contribution is 7.83. The van der Waals surface area contributed by atoms with E-state index in [0.717, 1.165) is 11.1 Å². The van der Waals surface area contributed by atoms with Gasteiger partial charge in [-0.25, -0.2) is 8.93 Å². The Morgan fingerprint density at radius 2 is 1.74 bits per heavy atom. The molecule has 1 unspecified atom stereocenters. The summed E-state index contributed by atoms with van der Waals surface area (Å²) in [7, 11) is -1.39. The Morgan fingerprint density at radius 3 is 2.32 bits per heavy atom. The van der Waals surface area contributed by atoms with Crippen molar-refractivity contribution in [3.05, 3.63) is 65.7 Å². The predicted octanol–water partition coefficient (Wildman–Crippen LogP) is 2.87. The number of benzene rings is 2. The summed E-state index contributed by atoms with van der Waals surface area (Å²) < 4.78 is 15.0. The highest BCUT2D eigenvalue weighted by Gasteiger charge is 2.13. The van der Waals surface area contributed by atoms with E-state index in [1.807, 2.05) is 49.4 Å². The molecule has 0 fully saturated rings. The van der Waals surface area contributed by atoms with Crippen LogP contribution < -0.4 is 4.72 Å². The number of hydrogen-bond acceptors (Lipinski definition) is 2. The van der Waals surface area contributed by atoms with Gasteiger partial charge in [-0.3, -0.25) is 0 Å². The lowest BCUT2D eigenvalue weighted by atomic mass is 10.1. The van der Waals surface area contributed by atoms with E-state index in [1.54, 1.807) is 12.1 Å². The number of hydrogen-bond donors (Lipinski definition) is 1. The summed E-state index contributed by atoms with van der Waals surface area (Å²) in [5.41, 5.74) is 1.92. The molecule has 0 heterocycles. The zero-order chi connectivity index (χ0) is 13.7. The molecule has 0 bridgehead atoms. The monoisotopic (exact) mass is 270 g/mol. The van der Waals surface area contributed by atoms with Crippen LogP contribution in [0.4, 0.5) is 0 Å². The molecule has 96 valence electrons. The van der Waals surface area contributed by atoms with Crippen LogP contribution in [0.2, 0.25) is 0 Å².